The van der Waals surface area contributed by atoms with Crippen molar-refractivity contribution in [2.75, 3.05) is 0 Å². The van der Waals surface area contributed by atoms with Gasteiger partial charge in [-0.15, -0.1) is 0 Å². The van der Waals surface area contributed by atoms with Gasteiger partial charge >= 0.3 is 5.97 Å². The summed E-state index contributed by atoms with van der Waals surface area (Å²) in [5.74, 6) is -1.06. The second-order valence-corrected chi connectivity index (χ2v) is 1.45. The molecule has 63 valence electrons. The van der Waals surface area contributed by atoms with E-state index >= 15 is 0 Å². The Morgan fingerprint density at radius 3 is 1.75 bits per heavy atom. The van der Waals surface area contributed by atoms with Gasteiger partial charge in [-0.05, 0) is 6.20 Å². The average molecular weight is 180 g/mol. The van der Waals surface area contributed by atoms with Gasteiger partial charge in [0, 0.05) is 42.6 Å². The van der Waals surface area contributed by atoms with E-state index in [-0.39, 0.29) is 35.5 Å². The van der Waals surface area contributed by atoms with Gasteiger partial charge < -0.3 is 10.4 Å². The van der Waals surface area contributed by atoms with Gasteiger partial charge in [-0.3, -0.25) is 4.79 Å². The van der Waals surface area contributed by atoms with E-state index in [9.17, 15) is 9.59 Å². The molecule has 0 atom stereocenters. The molecular formula is C7H11NNaO3. The summed E-state index contributed by atoms with van der Waals surface area (Å²) in [6, 6.07) is 0. The first-order chi connectivity index (χ1) is 5.04. The molecule has 5 heteroatoms. The van der Waals surface area contributed by atoms with Gasteiger partial charge in [0.05, 0.1) is 0 Å². The minimum absolute atomic E-state index is 0. The van der Waals surface area contributed by atoms with Crippen molar-refractivity contribution in [1.82, 2.24) is 5.32 Å². The number of hydrogen-bond acceptors (Lipinski definition) is 2. The maximum Gasteiger partial charge on any atom is 0.327 e. The van der Waals surface area contributed by atoms with E-state index in [0.717, 1.165) is 6.08 Å². The Labute approximate surface area is 93.6 Å². The normalized spacial score (nSPS) is 6.08. The number of amides is 1. The molecule has 1 amide bonds. The molecule has 0 aliphatic carbocycles. The number of carbonyl (C=O) groups is 2. The summed E-state index contributed by atoms with van der Waals surface area (Å²) in [7, 11) is 0. The van der Waals surface area contributed by atoms with E-state index in [4.69, 9.17) is 5.11 Å². The third kappa shape index (κ3) is 34.2. The zero-order valence-electron chi connectivity index (χ0n) is 7.33. The molecule has 0 rings (SSSR count). The quantitative estimate of drug-likeness (QED) is 0.469. The van der Waals surface area contributed by atoms with Crippen LogP contribution in [0, 0.1) is 0 Å². The Balaban J connectivity index is -0.000000126. The van der Waals surface area contributed by atoms with Crippen molar-refractivity contribution in [1.29, 1.82) is 0 Å². The zero-order valence-corrected chi connectivity index (χ0v) is 9.33. The minimum atomic E-state index is -0.981. The van der Waals surface area contributed by atoms with Gasteiger partial charge in [-0.1, -0.05) is 13.2 Å². The van der Waals surface area contributed by atoms with Crippen molar-refractivity contribution in [2.45, 2.75) is 6.92 Å². The number of carbonyl (C=O) groups excluding carboxylic acids is 1. The summed E-state index contributed by atoms with van der Waals surface area (Å²) < 4.78 is 0. The van der Waals surface area contributed by atoms with Gasteiger partial charge in [0.2, 0.25) is 5.91 Å². The molecule has 0 spiro atoms. The molecule has 2 N–H and O–H groups in total. The van der Waals surface area contributed by atoms with Crippen LogP contribution >= 0.6 is 0 Å². The number of aliphatic carboxylic acids is 1. The first-order valence-electron chi connectivity index (χ1n) is 2.78. The van der Waals surface area contributed by atoms with Crippen LogP contribution in [-0.2, 0) is 9.59 Å². The predicted molar refractivity (Wildman–Crippen MR) is 47.6 cm³/mol. The van der Waals surface area contributed by atoms with Gasteiger partial charge in [0.25, 0.3) is 0 Å². The molecule has 0 aromatic heterocycles. The second kappa shape index (κ2) is 13.0. The Kier molecular flexibility index (Phi) is 19.0. The average Bonchev–Trinajstić information content (AvgIpc) is 1.89. The summed E-state index contributed by atoms with van der Waals surface area (Å²) >= 11 is 0. The summed E-state index contributed by atoms with van der Waals surface area (Å²) in [6.45, 7) is 7.66. The van der Waals surface area contributed by atoms with E-state index in [0.29, 0.717) is 0 Å². The van der Waals surface area contributed by atoms with Crippen molar-refractivity contribution in [3.63, 3.8) is 0 Å². The molecule has 0 aromatic rings. The fourth-order valence-corrected chi connectivity index (χ4v) is 0.144. The Hall–Kier alpha value is -0.580. The molecule has 0 aromatic carbocycles. The van der Waals surface area contributed by atoms with E-state index < -0.39 is 5.97 Å². The van der Waals surface area contributed by atoms with E-state index in [2.05, 4.69) is 18.5 Å². The third-order valence-electron chi connectivity index (χ3n) is 0.480. The molecule has 0 saturated heterocycles. The topological polar surface area (TPSA) is 66.4 Å². The summed E-state index contributed by atoms with van der Waals surface area (Å²) in [4.78, 5) is 19.1. The summed E-state index contributed by atoms with van der Waals surface area (Å²) in [5, 5.41) is 9.94. The first kappa shape index (κ1) is 17.5. The summed E-state index contributed by atoms with van der Waals surface area (Å²) in [6.07, 6.45) is 2.18. The molecule has 0 unspecified atom stereocenters. The fourth-order valence-electron chi connectivity index (χ4n) is 0.144. The van der Waals surface area contributed by atoms with Crippen LogP contribution in [0.4, 0.5) is 0 Å². The second-order valence-electron chi connectivity index (χ2n) is 1.45. The first-order valence-corrected chi connectivity index (χ1v) is 2.78. The molecule has 0 aliphatic rings. The molecular weight excluding hydrogens is 169 g/mol. The predicted octanol–water partition coefficient (Wildman–Crippen LogP) is 0.142. The van der Waals surface area contributed by atoms with Gasteiger partial charge in [-0.25, -0.2) is 4.79 Å². The van der Waals surface area contributed by atoms with E-state index in [1.807, 2.05) is 0 Å². The van der Waals surface area contributed by atoms with Crippen molar-refractivity contribution in [3.8, 4) is 0 Å². The number of carboxylic acid groups (broad SMARTS) is 1. The monoisotopic (exact) mass is 180 g/mol. The van der Waals surface area contributed by atoms with Gasteiger partial charge in [0.15, 0.2) is 0 Å². The van der Waals surface area contributed by atoms with Crippen molar-refractivity contribution < 1.29 is 14.7 Å². The van der Waals surface area contributed by atoms with Crippen LogP contribution < -0.4 is 5.32 Å². The van der Waals surface area contributed by atoms with Crippen molar-refractivity contribution in [2.24, 2.45) is 0 Å². The van der Waals surface area contributed by atoms with Crippen molar-refractivity contribution in [3.05, 3.63) is 25.4 Å². The Morgan fingerprint density at radius 2 is 1.75 bits per heavy atom. The zero-order chi connectivity index (χ0) is 9.28. The van der Waals surface area contributed by atoms with E-state index in [1.54, 1.807) is 0 Å². The molecule has 1 radical (unpaired) electrons. The Bertz CT molecular complexity index is 168. The number of carboxylic acids is 1. The summed E-state index contributed by atoms with van der Waals surface area (Å²) in [5.41, 5.74) is 0. The molecule has 12 heavy (non-hydrogen) atoms. The number of rotatable bonds is 2. The molecule has 0 saturated carbocycles. The standard InChI is InChI=1S/C4H7NO.C3H4O2.Na/c1-3-5-4(2)6;1-2-3(4)5;/h3H,1H2,2H3,(H,5,6);2H,1H2,(H,4,5);. The van der Waals surface area contributed by atoms with E-state index in [1.165, 1.54) is 13.1 Å². The largest absolute Gasteiger partial charge is 0.478 e. The smallest absolute Gasteiger partial charge is 0.327 e. The number of nitrogens with one attached hydrogen (secondary N) is 1. The Morgan fingerprint density at radius 1 is 1.42 bits per heavy atom. The molecule has 0 bridgehead atoms. The third-order valence-corrected chi connectivity index (χ3v) is 0.480. The molecule has 0 aliphatic heterocycles. The van der Waals surface area contributed by atoms with Gasteiger partial charge in [-0.2, -0.15) is 0 Å². The molecule has 0 heterocycles. The maximum absolute atomic E-state index is 9.86. The van der Waals surface area contributed by atoms with Crippen LogP contribution in [0.2, 0.25) is 0 Å². The number of hydrogen-bond donors (Lipinski definition) is 2. The van der Waals surface area contributed by atoms with Crippen LogP contribution in [0.5, 0.6) is 0 Å². The molecule has 4 nitrogen and oxygen atoms in total. The SMILES string of the molecule is C=CC(=O)O.C=CNC(C)=O.[Na]. The molecule has 0 fully saturated rings. The van der Waals surface area contributed by atoms with Crippen LogP contribution in [-0.4, -0.2) is 46.5 Å². The van der Waals surface area contributed by atoms with Crippen LogP contribution in [0.3, 0.4) is 0 Å². The van der Waals surface area contributed by atoms with Gasteiger partial charge in [0.1, 0.15) is 0 Å². The van der Waals surface area contributed by atoms with Crippen molar-refractivity contribution >= 4 is 41.4 Å². The van der Waals surface area contributed by atoms with Crippen LogP contribution in [0.25, 0.3) is 0 Å². The maximum atomic E-state index is 9.86. The fraction of sp³-hybridized carbons (Fsp3) is 0.143. The minimum Gasteiger partial charge on any atom is -0.478 e. The van der Waals surface area contributed by atoms with Crippen LogP contribution in [0.15, 0.2) is 25.4 Å². The van der Waals surface area contributed by atoms with Crippen LogP contribution in [0.1, 0.15) is 6.92 Å².